The van der Waals surface area contributed by atoms with Crippen LogP contribution >= 0.6 is 0 Å². The van der Waals surface area contributed by atoms with Crippen LogP contribution in [0.3, 0.4) is 0 Å². The Morgan fingerprint density at radius 3 is 2.36 bits per heavy atom. The number of hydrogen-bond acceptors (Lipinski definition) is 1. The molecule has 0 fully saturated rings. The third kappa shape index (κ3) is 1.41. The van der Waals surface area contributed by atoms with Gasteiger partial charge in [0.25, 0.3) is 0 Å². The van der Waals surface area contributed by atoms with E-state index in [9.17, 15) is 4.39 Å². The molecule has 1 aromatic carbocycles. The van der Waals surface area contributed by atoms with Gasteiger partial charge in [-0.2, -0.15) is 0 Å². The molecule has 0 bridgehead atoms. The van der Waals surface area contributed by atoms with E-state index in [1.807, 2.05) is 18.5 Å². The monoisotopic (exact) mass is 190 g/mol. The molecule has 0 radical (unpaired) electrons. The van der Waals surface area contributed by atoms with Crippen molar-refractivity contribution in [3.8, 4) is 11.3 Å². The van der Waals surface area contributed by atoms with E-state index in [2.05, 4.69) is 4.98 Å². The van der Waals surface area contributed by atoms with Gasteiger partial charge in [0.05, 0.1) is 12.0 Å². The third-order valence-electron chi connectivity index (χ3n) is 2.35. The predicted octanol–water partition coefficient (Wildman–Crippen LogP) is 2.53. The standard InChI is InChI=1S/C11H11FN2/c1-8-11(13-7-14(8)2)9-3-5-10(12)6-4-9/h3-7H,1-2H3. The van der Waals surface area contributed by atoms with Crippen LogP contribution < -0.4 is 0 Å². The minimum atomic E-state index is -0.220. The van der Waals surface area contributed by atoms with Gasteiger partial charge in [0.2, 0.25) is 0 Å². The van der Waals surface area contributed by atoms with Crippen LogP contribution in [0, 0.1) is 12.7 Å². The van der Waals surface area contributed by atoms with Crippen molar-refractivity contribution in [3.05, 3.63) is 42.1 Å². The van der Waals surface area contributed by atoms with Crippen LogP contribution in [0.5, 0.6) is 0 Å². The van der Waals surface area contributed by atoms with Gasteiger partial charge in [-0.15, -0.1) is 0 Å². The molecule has 3 heteroatoms. The Hall–Kier alpha value is -1.64. The van der Waals surface area contributed by atoms with E-state index in [0.717, 1.165) is 17.0 Å². The van der Waals surface area contributed by atoms with Crippen molar-refractivity contribution in [2.24, 2.45) is 7.05 Å². The molecule has 0 aliphatic heterocycles. The van der Waals surface area contributed by atoms with Crippen LogP contribution in [-0.4, -0.2) is 9.55 Å². The van der Waals surface area contributed by atoms with E-state index >= 15 is 0 Å². The molecule has 72 valence electrons. The summed E-state index contributed by atoms with van der Waals surface area (Å²) in [5.41, 5.74) is 2.94. The highest BCUT2D eigenvalue weighted by Crippen LogP contribution is 2.20. The van der Waals surface area contributed by atoms with Gasteiger partial charge in [-0.3, -0.25) is 0 Å². The topological polar surface area (TPSA) is 17.8 Å². The number of hydrogen-bond donors (Lipinski definition) is 0. The lowest BCUT2D eigenvalue weighted by molar-refractivity contribution is 0.628. The maximum Gasteiger partial charge on any atom is 0.123 e. The summed E-state index contributed by atoms with van der Waals surface area (Å²) in [6, 6.07) is 6.38. The molecule has 2 nitrogen and oxygen atoms in total. The normalized spacial score (nSPS) is 10.5. The Morgan fingerprint density at radius 2 is 1.86 bits per heavy atom. The molecule has 0 spiro atoms. The van der Waals surface area contributed by atoms with E-state index < -0.39 is 0 Å². The van der Waals surface area contributed by atoms with Crippen molar-refractivity contribution in [2.75, 3.05) is 0 Å². The fourth-order valence-electron chi connectivity index (χ4n) is 1.38. The molecule has 0 atom stereocenters. The molecule has 0 unspecified atom stereocenters. The summed E-state index contributed by atoms with van der Waals surface area (Å²) < 4.78 is 14.6. The second-order valence-corrected chi connectivity index (χ2v) is 3.30. The summed E-state index contributed by atoms with van der Waals surface area (Å²) >= 11 is 0. The molecule has 1 heterocycles. The van der Waals surface area contributed by atoms with Crippen molar-refractivity contribution in [1.82, 2.24) is 9.55 Å². The molecule has 0 saturated carbocycles. The van der Waals surface area contributed by atoms with Crippen LogP contribution in [0.25, 0.3) is 11.3 Å². The zero-order valence-corrected chi connectivity index (χ0v) is 8.16. The summed E-state index contributed by atoms with van der Waals surface area (Å²) in [4.78, 5) is 4.26. The number of rotatable bonds is 1. The van der Waals surface area contributed by atoms with Gasteiger partial charge in [-0.1, -0.05) is 0 Å². The molecule has 0 amide bonds. The highest BCUT2D eigenvalue weighted by molar-refractivity contribution is 5.61. The summed E-state index contributed by atoms with van der Waals surface area (Å²) in [7, 11) is 1.94. The predicted molar refractivity (Wildman–Crippen MR) is 53.3 cm³/mol. The molecule has 0 aliphatic rings. The quantitative estimate of drug-likeness (QED) is 0.675. The molecule has 0 aliphatic carbocycles. The van der Waals surface area contributed by atoms with Gasteiger partial charge >= 0.3 is 0 Å². The summed E-state index contributed by atoms with van der Waals surface area (Å²) in [6.45, 7) is 1.99. The first-order chi connectivity index (χ1) is 6.68. The highest BCUT2D eigenvalue weighted by atomic mass is 19.1. The number of benzene rings is 1. The van der Waals surface area contributed by atoms with Gasteiger partial charge in [0, 0.05) is 18.3 Å². The molecular weight excluding hydrogens is 179 g/mol. The lowest BCUT2D eigenvalue weighted by Gasteiger charge is -1.99. The smallest absolute Gasteiger partial charge is 0.123 e. The van der Waals surface area contributed by atoms with E-state index in [0.29, 0.717) is 0 Å². The maximum absolute atomic E-state index is 12.7. The summed E-state index contributed by atoms with van der Waals surface area (Å²) in [5.74, 6) is -0.220. The van der Waals surface area contributed by atoms with Crippen LogP contribution in [0.15, 0.2) is 30.6 Å². The summed E-state index contributed by atoms with van der Waals surface area (Å²) in [6.07, 6.45) is 1.76. The van der Waals surface area contributed by atoms with Crippen LogP contribution in [0.1, 0.15) is 5.69 Å². The molecule has 2 aromatic rings. The lowest BCUT2D eigenvalue weighted by atomic mass is 10.1. The average molecular weight is 190 g/mol. The minimum absolute atomic E-state index is 0.220. The molecular formula is C11H11FN2. The fraction of sp³-hybridized carbons (Fsp3) is 0.182. The van der Waals surface area contributed by atoms with Gasteiger partial charge in [0.1, 0.15) is 5.82 Å². The second kappa shape index (κ2) is 3.25. The Kier molecular flexibility index (Phi) is 2.08. The van der Waals surface area contributed by atoms with Crippen molar-refractivity contribution >= 4 is 0 Å². The Labute approximate surface area is 82.0 Å². The third-order valence-corrected chi connectivity index (χ3v) is 2.35. The Morgan fingerprint density at radius 1 is 1.21 bits per heavy atom. The van der Waals surface area contributed by atoms with Crippen LogP contribution in [0.4, 0.5) is 4.39 Å². The van der Waals surface area contributed by atoms with Gasteiger partial charge < -0.3 is 4.57 Å². The maximum atomic E-state index is 12.7. The fourth-order valence-corrected chi connectivity index (χ4v) is 1.38. The minimum Gasteiger partial charge on any atom is -0.337 e. The Balaban J connectivity index is 2.49. The van der Waals surface area contributed by atoms with Gasteiger partial charge in [0.15, 0.2) is 0 Å². The second-order valence-electron chi connectivity index (χ2n) is 3.30. The van der Waals surface area contributed by atoms with Crippen molar-refractivity contribution in [1.29, 1.82) is 0 Å². The molecule has 2 rings (SSSR count). The average Bonchev–Trinajstić information content (AvgIpc) is 2.50. The zero-order chi connectivity index (χ0) is 10.1. The number of halogens is 1. The first-order valence-corrected chi connectivity index (χ1v) is 4.42. The van der Waals surface area contributed by atoms with Crippen molar-refractivity contribution < 1.29 is 4.39 Å². The zero-order valence-electron chi connectivity index (χ0n) is 8.16. The van der Waals surface area contributed by atoms with E-state index in [1.165, 1.54) is 12.1 Å². The highest BCUT2D eigenvalue weighted by Gasteiger charge is 2.06. The largest absolute Gasteiger partial charge is 0.337 e. The first-order valence-electron chi connectivity index (χ1n) is 4.42. The van der Waals surface area contributed by atoms with Crippen molar-refractivity contribution in [3.63, 3.8) is 0 Å². The molecule has 0 N–H and O–H groups in total. The number of nitrogens with zero attached hydrogens (tertiary/aromatic N) is 2. The van der Waals surface area contributed by atoms with E-state index in [4.69, 9.17) is 0 Å². The van der Waals surface area contributed by atoms with Gasteiger partial charge in [-0.05, 0) is 31.2 Å². The van der Waals surface area contributed by atoms with E-state index in [-0.39, 0.29) is 5.82 Å². The van der Waals surface area contributed by atoms with Gasteiger partial charge in [-0.25, -0.2) is 9.37 Å². The first kappa shape index (κ1) is 8.94. The molecule has 1 aromatic heterocycles. The van der Waals surface area contributed by atoms with Crippen LogP contribution in [0.2, 0.25) is 0 Å². The number of imidazole rings is 1. The Bertz CT molecular complexity index is 443. The number of aryl methyl sites for hydroxylation is 1. The molecule has 14 heavy (non-hydrogen) atoms. The lowest BCUT2D eigenvalue weighted by Crippen LogP contribution is -1.89. The van der Waals surface area contributed by atoms with E-state index in [1.54, 1.807) is 18.5 Å². The van der Waals surface area contributed by atoms with Crippen LogP contribution in [-0.2, 0) is 7.05 Å². The number of aromatic nitrogens is 2. The van der Waals surface area contributed by atoms with Crippen molar-refractivity contribution in [2.45, 2.75) is 6.92 Å². The SMILES string of the molecule is Cc1c(-c2ccc(F)cc2)ncn1C. The molecule has 0 saturated heterocycles. The summed E-state index contributed by atoms with van der Waals surface area (Å²) in [5, 5.41) is 0.